The van der Waals surface area contributed by atoms with Crippen molar-refractivity contribution in [3.8, 4) is 0 Å². The molecular weight excluding hydrogens is 288 g/mol. The lowest BCUT2D eigenvalue weighted by molar-refractivity contribution is -0.118. The highest BCUT2D eigenvalue weighted by Crippen LogP contribution is 2.26. The van der Waals surface area contributed by atoms with Crippen LogP contribution < -0.4 is 10.0 Å². The average molecular weight is 308 g/mol. The first-order valence-corrected chi connectivity index (χ1v) is 8.50. The van der Waals surface area contributed by atoms with E-state index in [-0.39, 0.29) is 5.91 Å². The van der Waals surface area contributed by atoms with Crippen molar-refractivity contribution in [2.24, 2.45) is 0 Å². The summed E-state index contributed by atoms with van der Waals surface area (Å²) < 4.78 is 27.0. The van der Waals surface area contributed by atoms with Crippen LogP contribution in [0.4, 0.5) is 0 Å². The number of nitrogens with one attached hydrogen (secondary N) is 2. The highest BCUT2D eigenvalue weighted by atomic mass is 32.2. The second kappa shape index (κ2) is 6.87. The summed E-state index contributed by atoms with van der Waals surface area (Å²) in [6.45, 7) is 2.23. The second-order valence-electron chi connectivity index (χ2n) is 5.04. The lowest BCUT2D eigenvalue weighted by Gasteiger charge is -2.17. The number of hydrogen-bond acceptors (Lipinski definition) is 3. The van der Waals surface area contributed by atoms with Gasteiger partial charge in [-0.3, -0.25) is 4.79 Å². The molecule has 0 saturated carbocycles. The van der Waals surface area contributed by atoms with E-state index in [2.05, 4.69) is 10.0 Å². The first-order chi connectivity index (χ1) is 9.99. The van der Waals surface area contributed by atoms with Crippen molar-refractivity contribution in [1.82, 2.24) is 10.0 Å². The summed E-state index contributed by atoms with van der Waals surface area (Å²) in [5.41, 5.74) is 2.16. The van der Waals surface area contributed by atoms with Gasteiger partial charge in [-0.15, -0.1) is 0 Å². The van der Waals surface area contributed by atoms with Crippen LogP contribution in [0.3, 0.4) is 0 Å². The predicted molar refractivity (Wildman–Crippen MR) is 83.0 cm³/mol. The number of amides is 1. The fourth-order valence-electron chi connectivity index (χ4n) is 2.27. The Morgan fingerprint density at radius 2 is 1.95 bits per heavy atom. The van der Waals surface area contributed by atoms with Gasteiger partial charge in [-0.2, -0.15) is 0 Å². The largest absolute Gasteiger partial charge is 0.356 e. The maximum atomic E-state index is 12.2. The summed E-state index contributed by atoms with van der Waals surface area (Å²) in [5, 5.41) is 2.64. The number of carbonyl (C=O) groups is 1. The summed E-state index contributed by atoms with van der Waals surface area (Å²) in [6, 6.07) is 7.83. The van der Waals surface area contributed by atoms with Gasteiger partial charge in [0.05, 0.1) is 4.91 Å². The van der Waals surface area contributed by atoms with Crippen LogP contribution in [0, 0.1) is 0 Å². The molecular formula is C15H20N2O3S. The van der Waals surface area contributed by atoms with Gasteiger partial charge in [0, 0.05) is 20.0 Å². The Balaban J connectivity index is 1.95. The Morgan fingerprint density at radius 3 is 2.71 bits per heavy atom. The summed E-state index contributed by atoms with van der Waals surface area (Å²) >= 11 is 0. The summed E-state index contributed by atoms with van der Waals surface area (Å²) in [6.07, 6.45) is 3.59. The molecule has 0 aromatic heterocycles. The highest BCUT2D eigenvalue weighted by molar-refractivity contribution is 7.93. The van der Waals surface area contributed by atoms with E-state index < -0.39 is 10.0 Å². The molecule has 2 rings (SSSR count). The van der Waals surface area contributed by atoms with Crippen molar-refractivity contribution in [3.05, 3.63) is 40.3 Å². The molecule has 1 aromatic carbocycles. The number of allylic oxidation sites excluding steroid dienone is 1. The van der Waals surface area contributed by atoms with E-state index in [1.807, 2.05) is 24.3 Å². The molecule has 0 spiro atoms. The third-order valence-corrected chi connectivity index (χ3v) is 4.97. The Labute approximate surface area is 125 Å². The molecule has 0 heterocycles. The van der Waals surface area contributed by atoms with Crippen molar-refractivity contribution < 1.29 is 13.2 Å². The van der Waals surface area contributed by atoms with Crippen LogP contribution in [0.2, 0.25) is 0 Å². The van der Waals surface area contributed by atoms with E-state index in [0.717, 1.165) is 12.0 Å². The van der Waals surface area contributed by atoms with Gasteiger partial charge in [0.15, 0.2) is 0 Å². The smallest absolute Gasteiger partial charge is 0.236 e. The molecule has 0 aliphatic heterocycles. The van der Waals surface area contributed by atoms with Gasteiger partial charge in [-0.05, 0) is 36.5 Å². The molecule has 0 fully saturated rings. The molecule has 5 nitrogen and oxygen atoms in total. The molecule has 0 unspecified atom stereocenters. The lowest BCUT2D eigenvalue weighted by Crippen LogP contribution is -2.30. The zero-order valence-electron chi connectivity index (χ0n) is 12.1. The van der Waals surface area contributed by atoms with Crippen LogP contribution in [-0.2, 0) is 21.2 Å². The van der Waals surface area contributed by atoms with Gasteiger partial charge in [-0.1, -0.05) is 24.3 Å². The molecule has 1 aliphatic carbocycles. The van der Waals surface area contributed by atoms with E-state index in [9.17, 15) is 13.2 Å². The van der Waals surface area contributed by atoms with Gasteiger partial charge in [0.2, 0.25) is 15.9 Å². The number of carbonyl (C=O) groups excluding carboxylic acids is 1. The second-order valence-corrected chi connectivity index (χ2v) is 6.86. The average Bonchev–Trinajstić information content (AvgIpc) is 2.46. The van der Waals surface area contributed by atoms with Crippen LogP contribution in [0.1, 0.15) is 30.9 Å². The van der Waals surface area contributed by atoms with Crippen molar-refractivity contribution in [1.29, 1.82) is 0 Å². The third kappa shape index (κ3) is 4.41. The number of hydrogen-bond donors (Lipinski definition) is 2. The van der Waals surface area contributed by atoms with Crippen LogP contribution >= 0.6 is 0 Å². The van der Waals surface area contributed by atoms with Gasteiger partial charge in [-0.25, -0.2) is 13.1 Å². The van der Waals surface area contributed by atoms with Gasteiger partial charge in [0.1, 0.15) is 0 Å². The van der Waals surface area contributed by atoms with Crippen molar-refractivity contribution in [3.63, 3.8) is 0 Å². The summed E-state index contributed by atoms with van der Waals surface area (Å²) in [4.78, 5) is 11.1. The minimum atomic E-state index is -3.43. The molecule has 2 N–H and O–H groups in total. The van der Waals surface area contributed by atoms with Crippen molar-refractivity contribution in [2.45, 2.75) is 26.2 Å². The summed E-state index contributed by atoms with van der Waals surface area (Å²) in [7, 11) is -3.43. The van der Waals surface area contributed by atoms with Crippen molar-refractivity contribution >= 4 is 22.0 Å². The lowest BCUT2D eigenvalue weighted by atomic mass is 9.98. The molecule has 1 amide bonds. The Morgan fingerprint density at radius 1 is 1.19 bits per heavy atom. The van der Waals surface area contributed by atoms with E-state index in [1.165, 1.54) is 12.5 Å². The van der Waals surface area contributed by atoms with E-state index in [4.69, 9.17) is 0 Å². The number of aryl methyl sites for hydroxylation is 1. The Kier molecular flexibility index (Phi) is 5.14. The molecule has 0 radical (unpaired) electrons. The maximum absolute atomic E-state index is 12.2. The first-order valence-electron chi connectivity index (χ1n) is 7.01. The molecule has 1 aromatic rings. The van der Waals surface area contributed by atoms with Crippen LogP contribution in [-0.4, -0.2) is 27.4 Å². The monoisotopic (exact) mass is 308 g/mol. The third-order valence-electron chi connectivity index (χ3n) is 3.38. The van der Waals surface area contributed by atoms with Gasteiger partial charge in [0.25, 0.3) is 0 Å². The molecule has 1 aliphatic rings. The van der Waals surface area contributed by atoms with Crippen LogP contribution in [0.5, 0.6) is 0 Å². The molecule has 0 atom stereocenters. The molecule has 0 saturated heterocycles. The predicted octanol–water partition coefficient (Wildman–Crippen LogP) is 1.42. The number of sulfonamides is 1. The zero-order valence-corrected chi connectivity index (χ0v) is 12.9. The van der Waals surface area contributed by atoms with E-state index in [0.29, 0.717) is 30.8 Å². The zero-order chi connectivity index (χ0) is 15.3. The first kappa shape index (κ1) is 15.7. The molecule has 0 bridgehead atoms. The fourth-order valence-corrected chi connectivity index (χ4v) is 3.52. The SMILES string of the molecule is CC(=O)NCCCNS(=O)(=O)C1=Cc2ccccc2CC1. The van der Waals surface area contributed by atoms with Crippen LogP contribution in [0.15, 0.2) is 29.2 Å². The Bertz CT molecular complexity index is 651. The fraction of sp³-hybridized carbons (Fsp3) is 0.400. The normalized spacial score (nSPS) is 14.2. The molecule has 6 heteroatoms. The maximum Gasteiger partial charge on any atom is 0.236 e. The van der Waals surface area contributed by atoms with Crippen molar-refractivity contribution in [2.75, 3.05) is 13.1 Å². The molecule has 114 valence electrons. The van der Waals surface area contributed by atoms with Gasteiger partial charge < -0.3 is 5.32 Å². The minimum absolute atomic E-state index is 0.107. The number of fused-ring (bicyclic) bond motifs is 1. The number of rotatable bonds is 6. The van der Waals surface area contributed by atoms with E-state index in [1.54, 1.807) is 6.08 Å². The standard InChI is InChI=1S/C15H20N2O3S/c1-12(18)16-9-4-10-17-21(19,20)15-8-7-13-5-2-3-6-14(13)11-15/h2-3,5-6,11,17H,4,7-10H2,1H3,(H,16,18). The minimum Gasteiger partial charge on any atom is -0.356 e. The number of benzene rings is 1. The topological polar surface area (TPSA) is 75.3 Å². The van der Waals surface area contributed by atoms with Gasteiger partial charge >= 0.3 is 0 Å². The van der Waals surface area contributed by atoms with Crippen LogP contribution in [0.25, 0.3) is 6.08 Å². The Hall–Kier alpha value is -1.66. The summed E-state index contributed by atoms with van der Waals surface area (Å²) in [5.74, 6) is -0.107. The quantitative estimate of drug-likeness (QED) is 0.780. The highest BCUT2D eigenvalue weighted by Gasteiger charge is 2.20. The molecule has 21 heavy (non-hydrogen) atoms. The van der Waals surface area contributed by atoms with E-state index >= 15 is 0 Å².